The highest BCUT2D eigenvalue weighted by molar-refractivity contribution is 5.69. The average molecular weight is 373 g/mol. The van der Waals surface area contributed by atoms with Crippen LogP contribution in [0.4, 0.5) is 18.0 Å². The summed E-state index contributed by atoms with van der Waals surface area (Å²) in [6.45, 7) is 5.60. The minimum absolute atomic E-state index is 0.00720. The molecule has 1 aromatic carbocycles. The summed E-state index contributed by atoms with van der Waals surface area (Å²) in [7, 11) is 0. The topological polar surface area (TPSA) is 59.0 Å². The number of halogens is 3. The Morgan fingerprint density at radius 1 is 1.19 bits per heavy atom. The third-order valence-corrected chi connectivity index (χ3v) is 4.68. The number of piperidine rings is 1. The zero-order valence-corrected chi connectivity index (χ0v) is 14.9. The van der Waals surface area contributed by atoms with E-state index < -0.39 is 46.8 Å². The standard InChI is InChI=1S/C18H22F3NO4/c1-17(2,3)26-16(23)22-11-6-18(24,7-12(22)9-25-8-11)10-4-13(19)15(21)14(20)5-10/h4-5,11-12,24H,6-9H2,1-3H3. The smallest absolute Gasteiger partial charge is 0.410 e. The van der Waals surface area contributed by atoms with Gasteiger partial charge < -0.3 is 14.6 Å². The van der Waals surface area contributed by atoms with Gasteiger partial charge >= 0.3 is 6.09 Å². The SMILES string of the molecule is CC(C)(C)OC(=O)N1C2COCC1CC(O)(c1cc(F)c(F)c(F)c1)C2. The summed E-state index contributed by atoms with van der Waals surface area (Å²) in [5.74, 6) is -4.29. The maximum Gasteiger partial charge on any atom is 0.410 e. The molecule has 0 radical (unpaired) electrons. The van der Waals surface area contributed by atoms with E-state index in [2.05, 4.69) is 0 Å². The van der Waals surface area contributed by atoms with Crippen molar-refractivity contribution in [3.8, 4) is 0 Å². The molecule has 144 valence electrons. The number of fused-ring (bicyclic) bond motifs is 2. The number of carbonyl (C=O) groups excluding carboxylic acids is 1. The van der Waals surface area contributed by atoms with Crippen LogP contribution >= 0.6 is 0 Å². The maximum atomic E-state index is 13.6. The number of benzene rings is 1. The molecule has 2 saturated heterocycles. The van der Waals surface area contributed by atoms with Crippen molar-refractivity contribution >= 4 is 6.09 Å². The number of ether oxygens (including phenoxy) is 2. The Hall–Kier alpha value is -1.80. The van der Waals surface area contributed by atoms with Crippen molar-refractivity contribution in [2.24, 2.45) is 0 Å². The van der Waals surface area contributed by atoms with E-state index in [0.717, 1.165) is 12.1 Å². The van der Waals surface area contributed by atoms with Crippen LogP contribution in [0.25, 0.3) is 0 Å². The lowest BCUT2D eigenvalue weighted by atomic mass is 9.77. The summed E-state index contributed by atoms with van der Waals surface area (Å²) in [6, 6.07) is 0.577. The molecule has 2 unspecified atom stereocenters. The van der Waals surface area contributed by atoms with Crippen LogP contribution in [0.5, 0.6) is 0 Å². The van der Waals surface area contributed by atoms with Gasteiger partial charge in [-0.2, -0.15) is 0 Å². The van der Waals surface area contributed by atoms with Crippen LogP contribution in [0.3, 0.4) is 0 Å². The summed E-state index contributed by atoms with van der Waals surface area (Å²) in [5, 5.41) is 11.0. The molecule has 2 atom stereocenters. The first-order valence-electron chi connectivity index (χ1n) is 8.47. The van der Waals surface area contributed by atoms with Gasteiger partial charge in [0, 0.05) is 12.8 Å². The van der Waals surface area contributed by atoms with Crippen molar-refractivity contribution < 1.29 is 32.5 Å². The predicted molar refractivity (Wildman–Crippen MR) is 85.9 cm³/mol. The van der Waals surface area contributed by atoms with Crippen molar-refractivity contribution in [1.82, 2.24) is 4.90 Å². The molecule has 0 aliphatic carbocycles. The lowest BCUT2D eigenvalue weighted by Gasteiger charge is -2.51. The molecule has 3 rings (SSSR count). The molecule has 1 aromatic rings. The van der Waals surface area contributed by atoms with Crippen LogP contribution in [-0.2, 0) is 15.1 Å². The van der Waals surface area contributed by atoms with E-state index in [1.165, 1.54) is 4.90 Å². The van der Waals surface area contributed by atoms with E-state index in [-0.39, 0.29) is 31.6 Å². The fraction of sp³-hybridized carbons (Fsp3) is 0.611. The Labute approximate surface area is 149 Å². The number of morpholine rings is 1. The number of aliphatic hydroxyl groups is 1. The minimum Gasteiger partial charge on any atom is -0.444 e. The first kappa shape index (κ1) is 19.0. The normalized spacial score (nSPS) is 28.8. The molecule has 1 amide bonds. The van der Waals surface area contributed by atoms with Crippen LogP contribution in [0.15, 0.2) is 12.1 Å². The van der Waals surface area contributed by atoms with Crippen LogP contribution in [0, 0.1) is 17.5 Å². The van der Waals surface area contributed by atoms with Crippen molar-refractivity contribution in [1.29, 1.82) is 0 Å². The summed E-state index contributed by atoms with van der Waals surface area (Å²) >= 11 is 0. The van der Waals surface area contributed by atoms with Gasteiger partial charge in [0.05, 0.1) is 30.9 Å². The van der Waals surface area contributed by atoms with Gasteiger partial charge in [-0.25, -0.2) is 18.0 Å². The quantitative estimate of drug-likeness (QED) is 0.769. The monoisotopic (exact) mass is 373 g/mol. The van der Waals surface area contributed by atoms with Crippen molar-refractivity contribution in [2.45, 2.75) is 56.9 Å². The fourth-order valence-corrected chi connectivity index (χ4v) is 3.65. The van der Waals surface area contributed by atoms with Gasteiger partial charge in [-0.15, -0.1) is 0 Å². The lowest BCUT2D eigenvalue weighted by molar-refractivity contribution is -0.141. The molecule has 8 heteroatoms. The Morgan fingerprint density at radius 2 is 1.69 bits per heavy atom. The number of hydrogen-bond acceptors (Lipinski definition) is 4. The molecule has 5 nitrogen and oxygen atoms in total. The molecule has 2 aliphatic rings. The molecule has 0 aromatic heterocycles. The number of nitrogens with zero attached hydrogens (tertiary/aromatic N) is 1. The zero-order valence-electron chi connectivity index (χ0n) is 14.9. The molecule has 0 saturated carbocycles. The molecule has 2 fully saturated rings. The van der Waals surface area contributed by atoms with E-state index in [1.54, 1.807) is 20.8 Å². The van der Waals surface area contributed by atoms with Crippen molar-refractivity contribution in [2.75, 3.05) is 13.2 Å². The van der Waals surface area contributed by atoms with E-state index in [9.17, 15) is 23.1 Å². The van der Waals surface area contributed by atoms with Crippen LogP contribution in [0.1, 0.15) is 39.2 Å². The van der Waals surface area contributed by atoms with E-state index in [0.29, 0.717) is 0 Å². The maximum absolute atomic E-state index is 13.6. The van der Waals surface area contributed by atoms with E-state index in [1.807, 2.05) is 0 Å². The number of rotatable bonds is 1. The number of hydrogen-bond donors (Lipinski definition) is 1. The van der Waals surface area contributed by atoms with Gasteiger partial charge in [0.15, 0.2) is 17.5 Å². The number of amides is 1. The molecular formula is C18H22F3NO4. The van der Waals surface area contributed by atoms with E-state index in [4.69, 9.17) is 9.47 Å². The average Bonchev–Trinajstić information content (AvgIpc) is 2.49. The Balaban J connectivity index is 1.88. The summed E-state index contributed by atoms with van der Waals surface area (Å²) in [6.07, 6.45) is -0.505. The van der Waals surface area contributed by atoms with Gasteiger partial charge in [-0.05, 0) is 38.5 Å². The Morgan fingerprint density at radius 3 is 2.15 bits per heavy atom. The number of carbonyl (C=O) groups is 1. The van der Waals surface area contributed by atoms with E-state index >= 15 is 0 Å². The second-order valence-electron chi connectivity index (χ2n) is 7.93. The molecule has 2 heterocycles. The highest BCUT2D eigenvalue weighted by atomic mass is 19.2. The van der Waals surface area contributed by atoms with Crippen LogP contribution in [0.2, 0.25) is 0 Å². The highest BCUT2D eigenvalue weighted by Gasteiger charge is 2.50. The third kappa shape index (κ3) is 3.53. The Bertz CT molecular complexity index is 682. The lowest BCUT2D eigenvalue weighted by Crippen LogP contribution is -2.63. The van der Waals surface area contributed by atoms with Gasteiger partial charge in [0.1, 0.15) is 5.60 Å². The minimum atomic E-state index is -1.59. The second-order valence-corrected chi connectivity index (χ2v) is 7.93. The van der Waals surface area contributed by atoms with Crippen LogP contribution < -0.4 is 0 Å². The second kappa shape index (κ2) is 6.42. The first-order valence-corrected chi connectivity index (χ1v) is 8.47. The predicted octanol–water partition coefficient (Wildman–Crippen LogP) is 3.09. The van der Waals surface area contributed by atoms with Gasteiger partial charge in [0.25, 0.3) is 0 Å². The van der Waals surface area contributed by atoms with Gasteiger partial charge in [0.2, 0.25) is 0 Å². The molecule has 26 heavy (non-hydrogen) atoms. The largest absolute Gasteiger partial charge is 0.444 e. The summed E-state index contributed by atoms with van der Waals surface area (Å²) < 4.78 is 51.4. The van der Waals surface area contributed by atoms with Crippen LogP contribution in [-0.4, -0.2) is 47.0 Å². The molecule has 1 N–H and O–H groups in total. The fourth-order valence-electron chi connectivity index (χ4n) is 3.65. The zero-order chi connectivity index (χ0) is 19.3. The third-order valence-electron chi connectivity index (χ3n) is 4.68. The van der Waals surface area contributed by atoms with Gasteiger partial charge in [-0.3, -0.25) is 4.90 Å². The first-order chi connectivity index (χ1) is 12.0. The molecule has 2 bridgehead atoms. The van der Waals surface area contributed by atoms with Crippen molar-refractivity contribution in [3.63, 3.8) is 0 Å². The summed E-state index contributed by atoms with van der Waals surface area (Å²) in [5.41, 5.74) is -2.31. The molecule has 2 aliphatic heterocycles. The van der Waals surface area contributed by atoms with Crippen molar-refractivity contribution in [3.05, 3.63) is 35.1 Å². The highest BCUT2D eigenvalue weighted by Crippen LogP contribution is 2.42. The van der Waals surface area contributed by atoms with Gasteiger partial charge in [-0.1, -0.05) is 0 Å². The Kier molecular flexibility index (Phi) is 4.69. The molecular weight excluding hydrogens is 351 g/mol. The molecule has 0 spiro atoms. The summed E-state index contributed by atoms with van der Waals surface area (Å²) in [4.78, 5) is 14.1.